The van der Waals surface area contributed by atoms with E-state index in [0.717, 1.165) is 49.2 Å². The molecule has 0 atom stereocenters. The molecule has 1 amide bonds. The zero-order valence-electron chi connectivity index (χ0n) is 12.3. The van der Waals surface area contributed by atoms with E-state index >= 15 is 0 Å². The van der Waals surface area contributed by atoms with Gasteiger partial charge in [0.1, 0.15) is 0 Å². The van der Waals surface area contributed by atoms with Gasteiger partial charge < -0.3 is 9.64 Å². The molecule has 0 spiro atoms. The van der Waals surface area contributed by atoms with Crippen LogP contribution in [0.3, 0.4) is 0 Å². The lowest BCUT2D eigenvalue weighted by Crippen LogP contribution is -2.30. The number of hydrogen-bond acceptors (Lipinski definition) is 4. The number of hydrogen-bond donors (Lipinski definition) is 2. The standard InChI is InChI=1S/C15H22BrN3O2/c1-19(9-11-4-6-21-7-5-11)10-13-3-2-12(8-14(13)16)15(20)18-17/h2-3,8,11H,4-7,9-10,17H2,1H3,(H,18,20). The topological polar surface area (TPSA) is 67.6 Å². The molecule has 1 aromatic carbocycles. The lowest BCUT2D eigenvalue weighted by molar-refractivity contribution is 0.0549. The van der Waals surface area contributed by atoms with Crippen LogP contribution in [0.4, 0.5) is 0 Å². The van der Waals surface area contributed by atoms with E-state index in [0.29, 0.717) is 11.5 Å². The highest BCUT2D eigenvalue weighted by molar-refractivity contribution is 9.10. The zero-order valence-corrected chi connectivity index (χ0v) is 13.9. The second kappa shape index (κ2) is 7.89. The number of hydrazine groups is 1. The summed E-state index contributed by atoms with van der Waals surface area (Å²) < 4.78 is 6.32. The Morgan fingerprint density at radius 2 is 2.19 bits per heavy atom. The fourth-order valence-corrected chi connectivity index (χ4v) is 3.13. The van der Waals surface area contributed by atoms with Gasteiger partial charge >= 0.3 is 0 Å². The summed E-state index contributed by atoms with van der Waals surface area (Å²) in [7, 11) is 2.13. The number of nitrogen functional groups attached to an aromatic ring is 1. The van der Waals surface area contributed by atoms with Gasteiger partial charge in [-0.25, -0.2) is 5.84 Å². The number of halogens is 1. The number of carbonyl (C=O) groups excluding carboxylic acids is 1. The van der Waals surface area contributed by atoms with Crippen molar-refractivity contribution in [1.82, 2.24) is 10.3 Å². The van der Waals surface area contributed by atoms with Crippen molar-refractivity contribution in [1.29, 1.82) is 0 Å². The lowest BCUT2D eigenvalue weighted by Gasteiger charge is -2.27. The Kier molecular flexibility index (Phi) is 6.17. The van der Waals surface area contributed by atoms with Crippen LogP contribution in [0, 0.1) is 5.92 Å². The maximum absolute atomic E-state index is 11.5. The molecule has 0 bridgehead atoms. The number of carbonyl (C=O) groups is 1. The maximum atomic E-state index is 11.5. The van der Waals surface area contributed by atoms with Crippen LogP contribution < -0.4 is 11.3 Å². The summed E-state index contributed by atoms with van der Waals surface area (Å²) in [4.78, 5) is 13.8. The van der Waals surface area contributed by atoms with Crippen LogP contribution in [0.25, 0.3) is 0 Å². The van der Waals surface area contributed by atoms with Crippen molar-refractivity contribution < 1.29 is 9.53 Å². The second-order valence-electron chi connectivity index (χ2n) is 5.53. The summed E-state index contributed by atoms with van der Waals surface area (Å²) in [5.74, 6) is 5.58. The number of rotatable bonds is 5. The normalized spacial score (nSPS) is 16.2. The van der Waals surface area contributed by atoms with Crippen LogP contribution in [-0.4, -0.2) is 37.6 Å². The van der Waals surface area contributed by atoms with Crippen molar-refractivity contribution >= 4 is 21.8 Å². The summed E-state index contributed by atoms with van der Waals surface area (Å²) >= 11 is 3.53. The molecule has 1 saturated heterocycles. The first-order valence-electron chi connectivity index (χ1n) is 7.16. The highest BCUT2D eigenvalue weighted by atomic mass is 79.9. The highest BCUT2D eigenvalue weighted by Crippen LogP contribution is 2.22. The second-order valence-corrected chi connectivity index (χ2v) is 6.39. The number of ether oxygens (including phenoxy) is 1. The van der Waals surface area contributed by atoms with Gasteiger partial charge in [-0.1, -0.05) is 22.0 Å². The molecule has 1 aliphatic heterocycles. The van der Waals surface area contributed by atoms with Gasteiger partial charge in [0.25, 0.3) is 5.91 Å². The third-order valence-corrected chi connectivity index (χ3v) is 4.54. The molecule has 0 unspecified atom stereocenters. The fraction of sp³-hybridized carbons (Fsp3) is 0.533. The molecular formula is C15H22BrN3O2. The van der Waals surface area contributed by atoms with Gasteiger partial charge in [-0.3, -0.25) is 10.2 Å². The van der Waals surface area contributed by atoms with Crippen molar-refractivity contribution in [3.05, 3.63) is 33.8 Å². The quantitative estimate of drug-likeness (QED) is 0.481. The summed E-state index contributed by atoms with van der Waals surface area (Å²) in [6.45, 7) is 3.68. The summed E-state index contributed by atoms with van der Waals surface area (Å²) in [6.07, 6.45) is 2.28. The average Bonchev–Trinajstić information content (AvgIpc) is 2.49. The molecule has 3 N–H and O–H groups in total. The molecule has 2 rings (SSSR count). The van der Waals surface area contributed by atoms with E-state index in [2.05, 4.69) is 33.3 Å². The first-order chi connectivity index (χ1) is 10.1. The van der Waals surface area contributed by atoms with Crippen molar-refractivity contribution in [3.63, 3.8) is 0 Å². The van der Waals surface area contributed by atoms with Gasteiger partial charge in [-0.2, -0.15) is 0 Å². The van der Waals surface area contributed by atoms with E-state index in [-0.39, 0.29) is 5.91 Å². The van der Waals surface area contributed by atoms with Crippen LogP contribution in [0.2, 0.25) is 0 Å². The maximum Gasteiger partial charge on any atom is 0.265 e. The van der Waals surface area contributed by atoms with Gasteiger partial charge in [0.2, 0.25) is 0 Å². The van der Waals surface area contributed by atoms with Gasteiger partial charge in [-0.15, -0.1) is 0 Å². The first kappa shape index (κ1) is 16.4. The van der Waals surface area contributed by atoms with E-state index in [9.17, 15) is 4.79 Å². The van der Waals surface area contributed by atoms with Gasteiger partial charge in [0.05, 0.1) is 0 Å². The predicted molar refractivity (Wildman–Crippen MR) is 85.7 cm³/mol. The molecule has 0 aliphatic carbocycles. The SMILES string of the molecule is CN(Cc1ccc(C(=O)NN)cc1Br)CC1CCOCC1. The summed E-state index contributed by atoms with van der Waals surface area (Å²) in [5.41, 5.74) is 3.86. The number of nitrogens with one attached hydrogen (secondary N) is 1. The van der Waals surface area contributed by atoms with E-state index in [1.54, 1.807) is 12.1 Å². The molecule has 0 radical (unpaired) electrons. The van der Waals surface area contributed by atoms with E-state index in [1.807, 2.05) is 6.07 Å². The molecule has 1 aliphatic rings. The van der Waals surface area contributed by atoms with Crippen LogP contribution in [-0.2, 0) is 11.3 Å². The molecule has 21 heavy (non-hydrogen) atoms. The Bertz CT molecular complexity index is 490. The van der Waals surface area contributed by atoms with Crippen LogP contribution >= 0.6 is 15.9 Å². The van der Waals surface area contributed by atoms with Crippen LogP contribution in [0.1, 0.15) is 28.8 Å². The Morgan fingerprint density at radius 1 is 1.48 bits per heavy atom. The molecule has 5 nitrogen and oxygen atoms in total. The Morgan fingerprint density at radius 3 is 2.81 bits per heavy atom. The predicted octanol–water partition coefficient (Wildman–Crippen LogP) is 1.91. The van der Waals surface area contributed by atoms with E-state index in [1.165, 1.54) is 0 Å². The highest BCUT2D eigenvalue weighted by Gasteiger charge is 2.16. The van der Waals surface area contributed by atoms with Gasteiger partial charge in [0, 0.05) is 36.3 Å². The third kappa shape index (κ3) is 4.78. The molecule has 1 fully saturated rings. The zero-order chi connectivity index (χ0) is 15.2. The fourth-order valence-electron chi connectivity index (χ4n) is 2.63. The van der Waals surface area contributed by atoms with Crippen LogP contribution in [0.15, 0.2) is 22.7 Å². The number of nitrogens with zero attached hydrogens (tertiary/aromatic N) is 1. The molecule has 1 heterocycles. The number of amides is 1. The minimum Gasteiger partial charge on any atom is -0.381 e. The smallest absolute Gasteiger partial charge is 0.265 e. The molecule has 6 heteroatoms. The monoisotopic (exact) mass is 355 g/mol. The Hall–Kier alpha value is -0.950. The third-order valence-electron chi connectivity index (χ3n) is 3.80. The number of nitrogens with two attached hydrogens (primary N) is 1. The minimum atomic E-state index is -0.280. The summed E-state index contributed by atoms with van der Waals surface area (Å²) in [6, 6.07) is 5.57. The van der Waals surface area contributed by atoms with E-state index in [4.69, 9.17) is 10.6 Å². The molecular weight excluding hydrogens is 334 g/mol. The Labute approximate surface area is 133 Å². The van der Waals surface area contributed by atoms with Crippen molar-refractivity contribution in [2.45, 2.75) is 19.4 Å². The summed E-state index contributed by atoms with van der Waals surface area (Å²) in [5, 5.41) is 0. The molecule has 0 saturated carbocycles. The number of benzene rings is 1. The molecule has 116 valence electrons. The van der Waals surface area contributed by atoms with Crippen molar-refractivity contribution in [3.8, 4) is 0 Å². The lowest BCUT2D eigenvalue weighted by atomic mass is 9.99. The largest absolute Gasteiger partial charge is 0.381 e. The Balaban J connectivity index is 1.93. The van der Waals surface area contributed by atoms with Gasteiger partial charge in [-0.05, 0) is 43.5 Å². The van der Waals surface area contributed by atoms with Crippen LogP contribution in [0.5, 0.6) is 0 Å². The van der Waals surface area contributed by atoms with Gasteiger partial charge in [0.15, 0.2) is 0 Å². The first-order valence-corrected chi connectivity index (χ1v) is 7.95. The molecule has 1 aromatic rings. The minimum absolute atomic E-state index is 0.280. The van der Waals surface area contributed by atoms with Crippen molar-refractivity contribution in [2.75, 3.05) is 26.8 Å². The van der Waals surface area contributed by atoms with E-state index < -0.39 is 0 Å². The molecule has 0 aromatic heterocycles. The average molecular weight is 356 g/mol. The van der Waals surface area contributed by atoms with Crippen molar-refractivity contribution in [2.24, 2.45) is 11.8 Å².